The van der Waals surface area contributed by atoms with Crippen LogP contribution in [0.1, 0.15) is 10.5 Å². The summed E-state index contributed by atoms with van der Waals surface area (Å²) >= 11 is 3.10. The molecule has 1 heterocycles. The number of aromatic nitrogens is 2. The molecule has 0 radical (unpaired) electrons. The quantitative estimate of drug-likeness (QED) is 0.892. The minimum absolute atomic E-state index is 0.0160. The lowest BCUT2D eigenvalue weighted by atomic mass is 10.3. The van der Waals surface area contributed by atoms with Crippen LogP contribution in [0.2, 0.25) is 0 Å². The third kappa shape index (κ3) is 3.21. The van der Waals surface area contributed by atoms with E-state index in [2.05, 4.69) is 26.3 Å². The van der Waals surface area contributed by atoms with Crippen molar-refractivity contribution in [1.82, 2.24) is 9.78 Å². The number of carboxylic acid groups (broad SMARTS) is 1. The maximum absolute atomic E-state index is 13.5. The van der Waals surface area contributed by atoms with Crippen LogP contribution >= 0.6 is 15.9 Å². The van der Waals surface area contributed by atoms with Crippen molar-refractivity contribution in [3.8, 4) is 0 Å². The SMILES string of the molecule is O=C(Cn1nccc1C(=O)O)Nc1ccc(Br)cc1F. The van der Waals surface area contributed by atoms with Crippen molar-refractivity contribution in [2.75, 3.05) is 5.32 Å². The first kappa shape index (κ1) is 14.2. The van der Waals surface area contributed by atoms with Gasteiger partial charge in [0, 0.05) is 10.7 Å². The van der Waals surface area contributed by atoms with Crippen LogP contribution in [0.3, 0.4) is 0 Å². The molecule has 0 bridgehead atoms. The molecule has 104 valence electrons. The van der Waals surface area contributed by atoms with Gasteiger partial charge in [0.2, 0.25) is 5.91 Å². The molecule has 20 heavy (non-hydrogen) atoms. The summed E-state index contributed by atoms with van der Waals surface area (Å²) in [6, 6.07) is 5.47. The molecule has 0 atom stereocenters. The Morgan fingerprint density at radius 1 is 1.40 bits per heavy atom. The largest absolute Gasteiger partial charge is 0.477 e. The molecule has 2 N–H and O–H groups in total. The minimum Gasteiger partial charge on any atom is -0.477 e. The van der Waals surface area contributed by atoms with Gasteiger partial charge in [-0.15, -0.1) is 0 Å². The zero-order chi connectivity index (χ0) is 14.7. The lowest BCUT2D eigenvalue weighted by Gasteiger charge is -2.08. The average Bonchev–Trinajstić information content (AvgIpc) is 2.81. The van der Waals surface area contributed by atoms with Crippen molar-refractivity contribution >= 4 is 33.5 Å². The number of hydrogen-bond acceptors (Lipinski definition) is 3. The molecule has 2 rings (SSSR count). The third-order valence-electron chi connectivity index (χ3n) is 2.43. The van der Waals surface area contributed by atoms with Gasteiger partial charge >= 0.3 is 5.97 Å². The van der Waals surface area contributed by atoms with Gasteiger partial charge in [-0.25, -0.2) is 13.9 Å². The monoisotopic (exact) mass is 341 g/mol. The number of carboxylic acids is 1. The summed E-state index contributed by atoms with van der Waals surface area (Å²) in [6.07, 6.45) is 1.27. The fraction of sp³-hybridized carbons (Fsp3) is 0.0833. The van der Waals surface area contributed by atoms with Crippen molar-refractivity contribution in [3.05, 3.63) is 46.4 Å². The predicted molar refractivity (Wildman–Crippen MR) is 71.9 cm³/mol. The number of nitrogens with zero attached hydrogens (tertiary/aromatic N) is 2. The molecular formula is C12H9BrFN3O3. The molecule has 0 aliphatic heterocycles. The molecule has 0 spiro atoms. The summed E-state index contributed by atoms with van der Waals surface area (Å²) in [6.45, 7) is -0.315. The number of carbonyl (C=O) groups is 2. The number of anilines is 1. The normalized spacial score (nSPS) is 10.3. The maximum atomic E-state index is 13.5. The van der Waals surface area contributed by atoms with Gasteiger partial charge in [0.15, 0.2) is 0 Å². The van der Waals surface area contributed by atoms with Gasteiger partial charge < -0.3 is 10.4 Å². The fourth-order valence-corrected chi connectivity index (χ4v) is 1.89. The Balaban J connectivity index is 2.09. The Morgan fingerprint density at radius 2 is 2.15 bits per heavy atom. The second-order valence-corrected chi connectivity index (χ2v) is 4.77. The second-order valence-electron chi connectivity index (χ2n) is 3.85. The molecule has 6 nitrogen and oxygen atoms in total. The van der Waals surface area contributed by atoms with E-state index in [0.717, 1.165) is 4.68 Å². The standard InChI is InChI=1S/C12H9BrFN3O3/c13-7-1-2-9(8(14)5-7)16-11(18)6-17-10(12(19)20)3-4-15-17/h1-5H,6H2,(H,16,18)(H,19,20). The molecule has 0 saturated heterocycles. The van der Waals surface area contributed by atoms with Crippen LogP contribution in [0.25, 0.3) is 0 Å². The van der Waals surface area contributed by atoms with Gasteiger partial charge in [-0.05, 0) is 24.3 Å². The van der Waals surface area contributed by atoms with Crippen LogP contribution in [0.5, 0.6) is 0 Å². The summed E-state index contributed by atoms with van der Waals surface area (Å²) < 4.78 is 15.1. The van der Waals surface area contributed by atoms with Crippen molar-refractivity contribution in [2.45, 2.75) is 6.54 Å². The number of nitrogens with one attached hydrogen (secondary N) is 1. The lowest BCUT2D eigenvalue weighted by molar-refractivity contribution is -0.116. The number of rotatable bonds is 4. The number of aromatic carboxylic acids is 1. The topological polar surface area (TPSA) is 84.2 Å². The molecular weight excluding hydrogens is 333 g/mol. The highest BCUT2D eigenvalue weighted by Gasteiger charge is 2.14. The summed E-state index contributed by atoms with van der Waals surface area (Å²) in [5, 5.41) is 15.0. The average molecular weight is 342 g/mol. The molecule has 0 aliphatic carbocycles. The first-order valence-corrected chi connectivity index (χ1v) is 6.26. The number of hydrogen-bond donors (Lipinski definition) is 2. The molecule has 2 aromatic rings. The van der Waals surface area contributed by atoms with E-state index in [0.29, 0.717) is 4.47 Å². The van der Waals surface area contributed by atoms with E-state index in [1.54, 1.807) is 6.07 Å². The van der Waals surface area contributed by atoms with E-state index in [4.69, 9.17) is 5.11 Å². The summed E-state index contributed by atoms with van der Waals surface area (Å²) in [5.41, 5.74) is -0.0985. The van der Waals surface area contributed by atoms with Gasteiger partial charge in [0.05, 0.1) is 5.69 Å². The first-order chi connectivity index (χ1) is 9.47. The summed E-state index contributed by atoms with van der Waals surface area (Å²) in [4.78, 5) is 22.6. The van der Waals surface area contributed by atoms with Crippen LogP contribution in [-0.2, 0) is 11.3 Å². The molecule has 1 amide bonds. The van der Waals surface area contributed by atoms with Gasteiger partial charge in [-0.2, -0.15) is 5.10 Å². The lowest BCUT2D eigenvalue weighted by Crippen LogP contribution is -2.22. The molecule has 0 aliphatic rings. The van der Waals surface area contributed by atoms with E-state index in [1.165, 1.54) is 24.4 Å². The fourth-order valence-electron chi connectivity index (χ4n) is 1.56. The van der Waals surface area contributed by atoms with Crippen LogP contribution in [0.4, 0.5) is 10.1 Å². The summed E-state index contributed by atoms with van der Waals surface area (Å²) in [7, 11) is 0. The second kappa shape index (κ2) is 5.83. The molecule has 8 heteroatoms. The van der Waals surface area contributed by atoms with E-state index < -0.39 is 17.7 Å². The van der Waals surface area contributed by atoms with Crippen LogP contribution in [0.15, 0.2) is 34.9 Å². The van der Waals surface area contributed by atoms with E-state index in [1.807, 2.05) is 0 Å². The highest BCUT2D eigenvalue weighted by molar-refractivity contribution is 9.10. The molecule has 0 fully saturated rings. The molecule has 1 aromatic heterocycles. The van der Waals surface area contributed by atoms with E-state index >= 15 is 0 Å². The van der Waals surface area contributed by atoms with Crippen molar-refractivity contribution in [1.29, 1.82) is 0 Å². The maximum Gasteiger partial charge on any atom is 0.354 e. The predicted octanol–water partition coefficient (Wildman–Crippen LogP) is 2.12. The minimum atomic E-state index is -1.19. The van der Waals surface area contributed by atoms with Crippen molar-refractivity contribution in [2.24, 2.45) is 0 Å². The summed E-state index contributed by atoms with van der Waals surface area (Å²) in [5.74, 6) is -2.35. The Labute approximate surface area is 121 Å². The number of halogens is 2. The molecule has 0 unspecified atom stereocenters. The number of benzene rings is 1. The van der Waals surface area contributed by atoms with Gasteiger partial charge in [-0.3, -0.25) is 4.79 Å². The van der Waals surface area contributed by atoms with Gasteiger partial charge in [-0.1, -0.05) is 15.9 Å². The Kier molecular flexibility index (Phi) is 4.14. The number of amides is 1. The highest BCUT2D eigenvalue weighted by atomic mass is 79.9. The molecule has 0 saturated carbocycles. The van der Waals surface area contributed by atoms with Crippen LogP contribution < -0.4 is 5.32 Å². The van der Waals surface area contributed by atoms with Crippen molar-refractivity contribution in [3.63, 3.8) is 0 Å². The van der Waals surface area contributed by atoms with Gasteiger partial charge in [0.1, 0.15) is 18.1 Å². The van der Waals surface area contributed by atoms with E-state index in [-0.39, 0.29) is 17.9 Å². The first-order valence-electron chi connectivity index (χ1n) is 5.47. The van der Waals surface area contributed by atoms with Gasteiger partial charge in [0.25, 0.3) is 0 Å². The van der Waals surface area contributed by atoms with Crippen LogP contribution in [0, 0.1) is 5.82 Å². The zero-order valence-corrected chi connectivity index (χ0v) is 11.6. The van der Waals surface area contributed by atoms with Crippen LogP contribution in [-0.4, -0.2) is 26.8 Å². The van der Waals surface area contributed by atoms with Crippen molar-refractivity contribution < 1.29 is 19.1 Å². The smallest absolute Gasteiger partial charge is 0.354 e. The van der Waals surface area contributed by atoms with E-state index in [9.17, 15) is 14.0 Å². The Morgan fingerprint density at radius 3 is 2.80 bits per heavy atom. The Hall–Kier alpha value is -2.22. The Bertz CT molecular complexity index is 672. The third-order valence-corrected chi connectivity index (χ3v) is 2.93. The highest BCUT2D eigenvalue weighted by Crippen LogP contribution is 2.19. The zero-order valence-electron chi connectivity index (χ0n) is 10.0. The number of carbonyl (C=O) groups excluding carboxylic acids is 1. The molecule has 1 aromatic carbocycles.